The van der Waals surface area contributed by atoms with Gasteiger partial charge in [0, 0.05) is 22.6 Å². The molecular weight excluding hydrogens is 476 g/mol. The van der Waals surface area contributed by atoms with E-state index in [9.17, 15) is 10.2 Å². The monoisotopic (exact) mass is 510 g/mol. The van der Waals surface area contributed by atoms with Crippen LogP contribution in [0.5, 0.6) is 23.0 Å². The van der Waals surface area contributed by atoms with Gasteiger partial charge in [-0.05, 0) is 100 Å². The highest BCUT2D eigenvalue weighted by molar-refractivity contribution is 6.03. The van der Waals surface area contributed by atoms with Crippen molar-refractivity contribution in [2.45, 2.75) is 27.7 Å². The first kappa shape index (κ1) is 28.0. The fourth-order valence-corrected chi connectivity index (χ4v) is 3.63. The quantitative estimate of drug-likeness (QED) is 0.236. The first-order valence-electron chi connectivity index (χ1n) is 12.5. The molecule has 0 fully saturated rings. The zero-order chi connectivity index (χ0) is 27.3. The molecule has 4 aromatic rings. The number of aromatic hydroxyl groups is 2. The molecule has 6 nitrogen and oxygen atoms in total. The molecule has 4 aromatic carbocycles. The maximum absolute atomic E-state index is 9.77. The number of benzene rings is 4. The highest BCUT2D eigenvalue weighted by Crippen LogP contribution is 2.23. The van der Waals surface area contributed by atoms with E-state index >= 15 is 0 Å². The third kappa shape index (κ3) is 8.23. The van der Waals surface area contributed by atoms with Gasteiger partial charge in [-0.1, -0.05) is 24.3 Å². The van der Waals surface area contributed by atoms with Gasteiger partial charge in [-0.2, -0.15) is 0 Å². The predicted molar refractivity (Wildman–Crippen MR) is 155 cm³/mol. The van der Waals surface area contributed by atoms with E-state index < -0.39 is 0 Å². The van der Waals surface area contributed by atoms with Crippen molar-refractivity contribution in [2.24, 2.45) is 9.98 Å². The van der Waals surface area contributed by atoms with Crippen LogP contribution in [0.25, 0.3) is 0 Å². The molecule has 38 heavy (non-hydrogen) atoms. The van der Waals surface area contributed by atoms with Crippen LogP contribution in [0.15, 0.2) is 107 Å². The van der Waals surface area contributed by atoms with Crippen LogP contribution in [0.3, 0.4) is 0 Å². The lowest BCUT2D eigenvalue weighted by Gasteiger charge is -2.05. The smallest absolute Gasteiger partial charge is 0.124 e. The van der Waals surface area contributed by atoms with Crippen LogP contribution >= 0.6 is 0 Å². The van der Waals surface area contributed by atoms with Crippen LogP contribution < -0.4 is 9.47 Å². The molecule has 0 aromatic heterocycles. The molecule has 0 saturated carbocycles. The third-order valence-electron chi connectivity index (χ3n) is 5.48. The third-order valence-corrected chi connectivity index (χ3v) is 5.48. The standard InChI is InChI=1S/2C16H17NO2/c2*1-3-19-14-10-8-13(9-11-14)17-12(2)15-6-4-5-7-16(15)18/h2*4-11,18H,3H2,1-2H3. The summed E-state index contributed by atoms with van der Waals surface area (Å²) in [7, 11) is 0. The first-order valence-corrected chi connectivity index (χ1v) is 12.5. The van der Waals surface area contributed by atoms with E-state index in [1.54, 1.807) is 24.3 Å². The Morgan fingerprint density at radius 2 is 0.895 bits per heavy atom. The summed E-state index contributed by atoms with van der Waals surface area (Å²) in [5.41, 5.74) is 4.73. The van der Waals surface area contributed by atoms with Crippen LogP contribution in [-0.4, -0.2) is 34.9 Å². The van der Waals surface area contributed by atoms with Crippen molar-refractivity contribution in [3.05, 3.63) is 108 Å². The largest absolute Gasteiger partial charge is 0.507 e. The summed E-state index contributed by atoms with van der Waals surface area (Å²) < 4.78 is 10.8. The fraction of sp³-hybridized carbons (Fsp3) is 0.188. The van der Waals surface area contributed by atoms with Gasteiger partial charge in [-0.25, -0.2) is 0 Å². The SMILES string of the molecule is CCOc1ccc(N=C(C)c2ccccc2O)cc1.CCOc1ccc(N=C(C)c2ccccc2O)cc1. The Balaban J connectivity index is 0.000000211. The van der Waals surface area contributed by atoms with Crippen molar-refractivity contribution in [1.29, 1.82) is 0 Å². The van der Waals surface area contributed by atoms with Crippen LogP contribution in [0.1, 0.15) is 38.8 Å². The van der Waals surface area contributed by atoms with Gasteiger partial charge in [0.25, 0.3) is 0 Å². The number of nitrogens with zero attached hydrogens (tertiary/aromatic N) is 2. The summed E-state index contributed by atoms with van der Waals surface area (Å²) in [6.07, 6.45) is 0. The molecular formula is C32H34N2O4. The number of rotatable bonds is 8. The number of ether oxygens (including phenoxy) is 2. The molecule has 0 bridgehead atoms. The molecule has 0 aliphatic rings. The van der Waals surface area contributed by atoms with E-state index in [2.05, 4.69) is 9.98 Å². The molecule has 4 rings (SSSR count). The van der Waals surface area contributed by atoms with Gasteiger partial charge in [0.05, 0.1) is 24.6 Å². The van der Waals surface area contributed by atoms with Crippen LogP contribution in [0, 0.1) is 0 Å². The second kappa shape index (κ2) is 14.2. The zero-order valence-corrected chi connectivity index (χ0v) is 22.3. The van der Waals surface area contributed by atoms with Crippen molar-refractivity contribution in [1.82, 2.24) is 0 Å². The minimum Gasteiger partial charge on any atom is -0.507 e. The Morgan fingerprint density at radius 3 is 1.21 bits per heavy atom. The van der Waals surface area contributed by atoms with Gasteiger partial charge in [-0.15, -0.1) is 0 Å². The summed E-state index contributed by atoms with van der Waals surface area (Å²) in [4.78, 5) is 8.98. The lowest BCUT2D eigenvalue weighted by atomic mass is 10.1. The fourth-order valence-electron chi connectivity index (χ4n) is 3.63. The summed E-state index contributed by atoms with van der Waals surface area (Å²) in [6.45, 7) is 8.97. The Morgan fingerprint density at radius 1 is 0.553 bits per heavy atom. The van der Waals surface area contributed by atoms with Gasteiger partial charge >= 0.3 is 0 Å². The molecule has 2 N–H and O–H groups in total. The van der Waals surface area contributed by atoms with E-state index in [4.69, 9.17) is 9.47 Å². The van der Waals surface area contributed by atoms with Gasteiger partial charge in [-0.3, -0.25) is 9.98 Å². The highest BCUT2D eigenvalue weighted by Gasteiger charge is 2.04. The molecule has 0 amide bonds. The average molecular weight is 511 g/mol. The molecule has 0 spiro atoms. The number of hydrogen-bond donors (Lipinski definition) is 2. The van der Waals surface area contributed by atoms with E-state index in [1.165, 1.54) is 0 Å². The molecule has 0 saturated heterocycles. The molecule has 0 atom stereocenters. The van der Waals surface area contributed by atoms with Gasteiger partial charge < -0.3 is 19.7 Å². The van der Waals surface area contributed by atoms with Crippen LogP contribution in [-0.2, 0) is 0 Å². The summed E-state index contributed by atoms with van der Waals surface area (Å²) >= 11 is 0. The minimum atomic E-state index is 0.245. The predicted octanol–water partition coefficient (Wildman–Crippen LogP) is 7.86. The van der Waals surface area contributed by atoms with E-state index in [0.717, 1.165) is 45.4 Å². The second-order valence-corrected chi connectivity index (χ2v) is 8.28. The van der Waals surface area contributed by atoms with Crippen LogP contribution in [0.2, 0.25) is 0 Å². The first-order chi connectivity index (χ1) is 18.4. The maximum atomic E-state index is 9.77. The van der Waals surface area contributed by atoms with Crippen molar-refractivity contribution < 1.29 is 19.7 Å². The second-order valence-electron chi connectivity index (χ2n) is 8.28. The van der Waals surface area contributed by atoms with E-state index in [-0.39, 0.29) is 11.5 Å². The van der Waals surface area contributed by atoms with Crippen molar-refractivity contribution in [2.75, 3.05) is 13.2 Å². The number of hydrogen-bond acceptors (Lipinski definition) is 6. The minimum absolute atomic E-state index is 0.245. The summed E-state index contributed by atoms with van der Waals surface area (Å²) in [6, 6.07) is 29.5. The van der Waals surface area contributed by atoms with Crippen molar-refractivity contribution >= 4 is 22.8 Å². The molecule has 6 heteroatoms. The zero-order valence-electron chi connectivity index (χ0n) is 22.3. The van der Waals surface area contributed by atoms with Crippen molar-refractivity contribution in [3.8, 4) is 23.0 Å². The van der Waals surface area contributed by atoms with Crippen LogP contribution in [0.4, 0.5) is 11.4 Å². The molecule has 0 aliphatic heterocycles. The Hall–Kier alpha value is -4.58. The molecule has 196 valence electrons. The van der Waals surface area contributed by atoms with E-state index in [0.29, 0.717) is 13.2 Å². The average Bonchev–Trinajstić information content (AvgIpc) is 2.92. The van der Waals surface area contributed by atoms with Gasteiger partial charge in [0.1, 0.15) is 23.0 Å². The normalized spacial score (nSPS) is 11.4. The molecule has 0 unspecified atom stereocenters. The van der Waals surface area contributed by atoms with Gasteiger partial charge in [0.15, 0.2) is 0 Å². The number of aliphatic imine (C=N–C) groups is 2. The summed E-state index contributed by atoms with van der Waals surface area (Å²) in [5, 5.41) is 19.5. The number of phenols is 2. The Bertz CT molecular complexity index is 1250. The van der Waals surface area contributed by atoms with Gasteiger partial charge in [0.2, 0.25) is 0 Å². The summed E-state index contributed by atoms with van der Waals surface area (Å²) in [5.74, 6) is 2.16. The molecule has 0 heterocycles. The maximum Gasteiger partial charge on any atom is 0.124 e. The highest BCUT2D eigenvalue weighted by atomic mass is 16.5. The van der Waals surface area contributed by atoms with E-state index in [1.807, 2.05) is 100 Å². The number of phenolic OH excluding ortho intramolecular Hbond substituents is 2. The molecule has 0 radical (unpaired) electrons. The molecule has 0 aliphatic carbocycles. The van der Waals surface area contributed by atoms with Crippen molar-refractivity contribution in [3.63, 3.8) is 0 Å². The Kier molecular flexibility index (Phi) is 10.5. The lowest BCUT2D eigenvalue weighted by Crippen LogP contribution is -1.94. The number of para-hydroxylation sites is 2. The topological polar surface area (TPSA) is 83.6 Å². The Labute approximate surface area is 224 Å². The lowest BCUT2D eigenvalue weighted by molar-refractivity contribution is 0.340.